The molecule has 134 valence electrons. The zero-order valence-corrected chi connectivity index (χ0v) is 14.5. The maximum atomic E-state index is 12.4. The summed E-state index contributed by atoms with van der Waals surface area (Å²) in [5.74, 6) is -0.351. The molecule has 0 aromatic heterocycles. The highest BCUT2D eigenvalue weighted by atomic mass is 16.5. The van der Waals surface area contributed by atoms with Crippen LogP contribution in [0.4, 0.5) is 0 Å². The highest BCUT2D eigenvalue weighted by Gasteiger charge is 2.13. The van der Waals surface area contributed by atoms with Crippen LogP contribution in [0.1, 0.15) is 33.5 Å². The number of carbonyl (C=O) groups is 2. The lowest BCUT2D eigenvalue weighted by Gasteiger charge is -2.09. The molecular formula is C21H20O5. The van der Waals surface area contributed by atoms with Crippen LogP contribution >= 0.6 is 0 Å². The normalized spacial score (nSPS) is 12.8. The van der Waals surface area contributed by atoms with Crippen molar-refractivity contribution in [3.63, 3.8) is 0 Å². The van der Waals surface area contributed by atoms with Crippen LogP contribution in [0.5, 0.6) is 11.5 Å². The number of carboxylic acid groups (broad SMARTS) is 1. The average Bonchev–Trinajstić information content (AvgIpc) is 3.12. The summed E-state index contributed by atoms with van der Waals surface area (Å²) in [4.78, 5) is 23.0. The Hall–Kier alpha value is -3.08. The van der Waals surface area contributed by atoms with Crippen molar-refractivity contribution in [3.8, 4) is 11.5 Å². The number of aliphatic carboxylic acids is 1. The lowest BCUT2D eigenvalue weighted by molar-refractivity contribution is -0.139. The standard InChI is InChI=1S/C21H20O5/c1-25-20-11-14(6-10-19(20)26-13-21(23)24)5-9-18(22)17-8-7-15-3-2-4-16(15)12-17/h5-12H,2-4,13H2,1H3,(H,23,24). The Labute approximate surface area is 151 Å². The largest absolute Gasteiger partial charge is 0.493 e. The van der Waals surface area contributed by atoms with E-state index in [1.54, 1.807) is 24.3 Å². The third-order valence-corrected chi connectivity index (χ3v) is 4.35. The number of benzene rings is 2. The molecule has 0 fully saturated rings. The van der Waals surface area contributed by atoms with Crippen molar-refractivity contribution < 1.29 is 24.2 Å². The molecule has 0 atom stereocenters. The van der Waals surface area contributed by atoms with Crippen LogP contribution < -0.4 is 9.47 Å². The highest BCUT2D eigenvalue weighted by molar-refractivity contribution is 6.07. The first-order valence-electron chi connectivity index (χ1n) is 8.43. The highest BCUT2D eigenvalue weighted by Crippen LogP contribution is 2.29. The molecule has 0 saturated heterocycles. The summed E-state index contributed by atoms with van der Waals surface area (Å²) in [5.41, 5.74) is 4.06. The molecule has 0 amide bonds. The van der Waals surface area contributed by atoms with Gasteiger partial charge in [0.05, 0.1) is 7.11 Å². The molecule has 1 aliphatic carbocycles. The number of allylic oxidation sites excluding steroid dienone is 1. The molecule has 0 heterocycles. The number of rotatable bonds is 7. The molecule has 0 bridgehead atoms. The van der Waals surface area contributed by atoms with Crippen molar-refractivity contribution in [1.82, 2.24) is 0 Å². The minimum Gasteiger partial charge on any atom is -0.493 e. The van der Waals surface area contributed by atoms with Gasteiger partial charge in [0.2, 0.25) is 0 Å². The molecule has 0 saturated carbocycles. The van der Waals surface area contributed by atoms with Crippen LogP contribution in [0, 0.1) is 0 Å². The molecule has 26 heavy (non-hydrogen) atoms. The maximum Gasteiger partial charge on any atom is 0.341 e. The minimum atomic E-state index is -1.06. The summed E-state index contributed by atoms with van der Waals surface area (Å²) in [6.07, 6.45) is 6.52. The predicted octanol–water partition coefficient (Wildman–Crippen LogP) is 3.54. The zero-order valence-electron chi connectivity index (χ0n) is 14.5. The molecule has 0 radical (unpaired) electrons. The monoisotopic (exact) mass is 352 g/mol. The molecule has 1 N–H and O–H groups in total. The van der Waals surface area contributed by atoms with Gasteiger partial charge in [-0.15, -0.1) is 0 Å². The van der Waals surface area contributed by atoms with Gasteiger partial charge in [0, 0.05) is 5.56 Å². The van der Waals surface area contributed by atoms with E-state index in [1.165, 1.54) is 24.3 Å². The molecule has 2 aromatic carbocycles. The summed E-state index contributed by atoms with van der Waals surface area (Å²) < 4.78 is 10.4. The van der Waals surface area contributed by atoms with Crippen molar-refractivity contribution in [2.24, 2.45) is 0 Å². The van der Waals surface area contributed by atoms with Gasteiger partial charge in [-0.25, -0.2) is 4.79 Å². The zero-order chi connectivity index (χ0) is 18.5. The number of carbonyl (C=O) groups excluding carboxylic acids is 1. The fourth-order valence-corrected chi connectivity index (χ4v) is 3.04. The van der Waals surface area contributed by atoms with E-state index in [-0.39, 0.29) is 5.78 Å². The van der Waals surface area contributed by atoms with E-state index in [4.69, 9.17) is 14.6 Å². The third kappa shape index (κ3) is 4.11. The van der Waals surface area contributed by atoms with Crippen molar-refractivity contribution in [2.75, 3.05) is 13.7 Å². The van der Waals surface area contributed by atoms with Crippen molar-refractivity contribution >= 4 is 17.8 Å². The molecular weight excluding hydrogens is 332 g/mol. The first-order chi connectivity index (χ1) is 12.6. The Bertz CT molecular complexity index is 867. The van der Waals surface area contributed by atoms with Gasteiger partial charge in [-0.1, -0.05) is 24.3 Å². The number of hydrogen-bond donors (Lipinski definition) is 1. The van der Waals surface area contributed by atoms with Crippen LogP contribution in [-0.4, -0.2) is 30.6 Å². The third-order valence-electron chi connectivity index (χ3n) is 4.35. The molecule has 5 nitrogen and oxygen atoms in total. The Morgan fingerprint density at radius 2 is 1.88 bits per heavy atom. The summed E-state index contributed by atoms with van der Waals surface area (Å²) in [5, 5.41) is 8.69. The fraction of sp³-hybridized carbons (Fsp3) is 0.238. The first-order valence-corrected chi connectivity index (χ1v) is 8.43. The molecule has 3 rings (SSSR count). The summed E-state index contributed by atoms with van der Waals surface area (Å²) in [6, 6.07) is 11.0. The Morgan fingerprint density at radius 3 is 2.65 bits per heavy atom. The van der Waals surface area contributed by atoms with Crippen LogP contribution in [-0.2, 0) is 17.6 Å². The summed E-state index contributed by atoms with van der Waals surface area (Å²) >= 11 is 0. The second-order valence-corrected chi connectivity index (χ2v) is 6.13. The minimum absolute atomic E-state index is 0.0510. The molecule has 0 spiro atoms. The van der Waals surface area contributed by atoms with E-state index in [1.807, 2.05) is 18.2 Å². The predicted molar refractivity (Wildman–Crippen MR) is 98.0 cm³/mol. The van der Waals surface area contributed by atoms with E-state index in [2.05, 4.69) is 0 Å². The molecule has 0 aliphatic heterocycles. The second kappa shape index (κ2) is 7.87. The number of hydrogen-bond acceptors (Lipinski definition) is 4. The lowest BCUT2D eigenvalue weighted by Crippen LogP contribution is -2.10. The van der Waals surface area contributed by atoms with Crippen molar-refractivity contribution in [2.45, 2.75) is 19.3 Å². The molecule has 5 heteroatoms. The van der Waals surface area contributed by atoms with Crippen LogP contribution in [0.2, 0.25) is 0 Å². The van der Waals surface area contributed by atoms with Crippen LogP contribution in [0.15, 0.2) is 42.5 Å². The van der Waals surface area contributed by atoms with Gasteiger partial charge in [-0.3, -0.25) is 4.79 Å². The summed E-state index contributed by atoms with van der Waals surface area (Å²) in [6.45, 7) is -0.442. The number of methoxy groups -OCH3 is 1. The Balaban J connectivity index is 1.73. The molecule has 1 aliphatic rings. The van der Waals surface area contributed by atoms with E-state index < -0.39 is 12.6 Å². The number of carboxylic acids is 1. The molecule has 0 unspecified atom stereocenters. The van der Waals surface area contributed by atoms with Gasteiger partial charge < -0.3 is 14.6 Å². The van der Waals surface area contributed by atoms with Gasteiger partial charge in [-0.2, -0.15) is 0 Å². The number of aryl methyl sites for hydroxylation is 2. The number of ketones is 1. The van der Waals surface area contributed by atoms with Gasteiger partial charge in [0.1, 0.15) is 0 Å². The smallest absolute Gasteiger partial charge is 0.341 e. The van der Waals surface area contributed by atoms with E-state index in [0.29, 0.717) is 17.1 Å². The Morgan fingerprint density at radius 1 is 1.08 bits per heavy atom. The van der Waals surface area contributed by atoms with Crippen LogP contribution in [0.3, 0.4) is 0 Å². The number of fused-ring (bicyclic) bond motifs is 1. The van der Waals surface area contributed by atoms with Crippen LogP contribution in [0.25, 0.3) is 6.08 Å². The van der Waals surface area contributed by atoms with E-state index in [9.17, 15) is 9.59 Å². The topological polar surface area (TPSA) is 72.8 Å². The van der Waals surface area contributed by atoms with Gasteiger partial charge in [0.25, 0.3) is 0 Å². The number of ether oxygens (including phenoxy) is 2. The Kier molecular flexibility index (Phi) is 5.37. The summed E-state index contributed by atoms with van der Waals surface area (Å²) in [7, 11) is 1.48. The average molecular weight is 352 g/mol. The van der Waals surface area contributed by atoms with E-state index in [0.717, 1.165) is 24.8 Å². The quantitative estimate of drug-likeness (QED) is 0.609. The first kappa shape index (κ1) is 17.7. The van der Waals surface area contributed by atoms with Gasteiger partial charge in [-0.05, 0) is 60.2 Å². The SMILES string of the molecule is COc1cc(C=CC(=O)c2ccc3c(c2)CCC3)ccc1OCC(=O)O. The van der Waals surface area contributed by atoms with Gasteiger partial charge in [0.15, 0.2) is 23.9 Å². The van der Waals surface area contributed by atoms with Crippen molar-refractivity contribution in [3.05, 3.63) is 64.7 Å². The van der Waals surface area contributed by atoms with Crippen molar-refractivity contribution in [1.29, 1.82) is 0 Å². The van der Waals surface area contributed by atoms with Gasteiger partial charge >= 0.3 is 5.97 Å². The molecule has 2 aromatic rings. The fourth-order valence-electron chi connectivity index (χ4n) is 3.04. The maximum absolute atomic E-state index is 12.4. The van der Waals surface area contributed by atoms with E-state index >= 15 is 0 Å². The second-order valence-electron chi connectivity index (χ2n) is 6.13. The lowest BCUT2D eigenvalue weighted by atomic mass is 10.0.